The topological polar surface area (TPSA) is 43.9 Å². The molecule has 337 valence electrons. The van der Waals surface area contributed by atoms with Crippen LogP contribution in [-0.4, -0.2) is 27.8 Å². The minimum atomic E-state index is -1.86. The summed E-state index contributed by atoms with van der Waals surface area (Å²) in [6, 6.07) is 58.5. The fraction of sp³-hybridized carbons (Fsp3) is 0.213. The van der Waals surface area contributed by atoms with Gasteiger partial charge in [-0.2, -0.15) is 0 Å². The van der Waals surface area contributed by atoms with Gasteiger partial charge in [0.05, 0.1) is 22.4 Å². The van der Waals surface area contributed by atoms with E-state index in [0.717, 1.165) is 62.0 Å². The van der Waals surface area contributed by atoms with Crippen molar-refractivity contribution in [2.24, 2.45) is 5.92 Å². The zero-order valence-electron chi connectivity index (χ0n) is 40.0. The molecule has 0 atom stereocenters. The van der Waals surface area contributed by atoms with E-state index in [0.29, 0.717) is 17.8 Å². The Balaban J connectivity index is 0.000000226. The number of hydrogen-bond donors (Lipinski definition) is 0. The number of rotatable bonds is 8. The van der Waals surface area contributed by atoms with Gasteiger partial charge < -0.3 is 8.98 Å². The van der Waals surface area contributed by atoms with Crippen LogP contribution in [0.1, 0.15) is 70.1 Å². The minimum Gasteiger partial charge on any atom is -0.501 e. The molecule has 11 aromatic rings. The molecule has 0 N–H and O–H groups in total. The molecule has 3 heterocycles. The van der Waals surface area contributed by atoms with Crippen molar-refractivity contribution in [1.82, 2.24) is 14.5 Å². The van der Waals surface area contributed by atoms with Crippen LogP contribution in [0.15, 0.2) is 156 Å². The Morgan fingerprint density at radius 1 is 0.612 bits per heavy atom. The van der Waals surface area contributed by atoms with Gasteiger partial charge in [0, 0.05) is 36.6 Å². The number of imidazole rings is 1. The molecule has 0 saturated heterocycles. The van der Waals surface area contributed by atoms with Gasteiger partial charge in [-0.05, 0) is 68.1 Å². The molecule has 6 heteroatoms. The summed E-state index contributed by atoms with van der Waals surface area (Å²) >= 11 is -1.86. The van der Waals surface area contributed by atoms with Crippen LogP contribution in [0.2, 0.25) is 17.3 Å². The quantitative estimate of drug-likeness (QED) is 0.0865. The van der Waals surface area contributed by atoms with Crippen LogP contribution >= 0.6 is 0 Å². The van der Waals surface area contributed by atoms with Gasteiger partial charge in [0.15, 0.2) is 0 Å². The average molecular weight is 1110 g/mol. The average Bonchev–Trinajstić information content (AvgIpc) is 3.89. The number of fused-ring (bicyclic) bond motifs is 9. The molecule has 0 bridgehead atoms. The Labute approximate surface area is 411 Å². The van der Waals surface area contributed by atoms with Gasteiger partial charge in [0.2, 0.25) is 0 Å². The van der Waals surface area contributed by atoms with Crippen molar-refractivity contribution in [3.05, 3.63) is 181 Å². The Morgan fingerprint density at radius 2 is 1.28 bits per heavy atom. The number of aromatic nitrogens is 3. The smallest absolute Gasteiger partial charge is 0.121 e. The fourth-order valence-electron chi connectivity index (χ4n) is 9.88. The van der Waals surface area contributed by atoms with Gasteiger partial charge in [-0.25, -0.2) is 0 Å². The van der Waals surface area contributed by atoms with Crippen LogP contribution < -0.4 is 4.40 Å². The third-order valence-corrected chi connectivity index (χ3v) is 17.4. The summed E-state index contributed by atoms with van der Waals surface area (Å²) < 4.78 is 10.8. The summed E-state index contributed by atoms with van der Waals surface area (Å²) in [6.45, 7) is 13.7. The third kappa shape index (κ3) is 8.67. The van der Waals surface area contributed by atoms with Gasteiger partial charge >= 0.3 is 126 Å². The maximum atomic E-state index is 6.84. The molecule has 1 radical (unpaired) electrons. The van der Waals surface area contributed by atoms with Gasteiger partial charge in [0.25, 0.3) is 0 Å². The van der Waals surface area contributed by atoms with Crippen molar-refractivity contribution < 1.29 is 24.5 Å². The second kappa shape index (κ2) is 18.7. The predicted molar refractivity (Wildman–Crippen MR) is 283 cm³/mol. The molecule has 4 nitrogen and oxygen atoms in total. The van der Waals surface area contributed by atoms with E-state index < -0.39 is 13.3 Å². The van der Waals surface area contributed by atoms with Crippen LogP contribution in [0.4, 0.5) is 0 Å². The first-order valence-corrected chi connectivity index (χ1v) is 30.9. The van der Waals surface area contributed by atoms with Gasteiger partial charge in [-0.15, -0.1) is 18.2 Å². The number of furan rings is 1. The van der Waals surface area contributed by atoms with Crippen LogP contribution in [0, 0.1) is 18.1 Å². The van der Waals surface area contributed by atoms with E-state index in [2.05, 4.69) is 203 Å². The van der Waals surface area contributed by atoms with E-state index >= 15 is 0 Å². The summed E-state index contributed by atoms with van der Waals surface area (Å²) in [7, 11) is 0. The molecule has 0 unspecified atom stereocenters. The molecule has 0 aliphatic carbocycles. The van der Waals surface area contributed by atoms with Crippen LogP contribution in [-0.2, 0) is 26.5 Å². The van der Waals surface area contributed by atoms with Crippen molar-refractivity contribution in [3.8, 4) is 28.3 Å². The number of hydrogen-bond acceptors (Lipinski definition) is 3. The number of nitrogens with zero attached hydrogens (tertiary/aromatic N) is 3. The van der Waals surface area contributed by atoms with Crippen LogP contribution in [0.5, 0.6) is 0 Å². The minimum absolute atomic E-state index is 0. The summed E-state index contributed by atoms with van der Waals surface area (Å²) in [4.78, 5) is 10.1. The van der Waals surface area contributed by atoms with E-state index in [1.807, 2.05) is 24.3 Å². The molecule has 0 aliphatic heterocycles. The maximum absolute atomic E-state index is 6.84. The Morgan fingerprint density at radius 3 is 1.97 bits per heavy atom. The van der Waals surface area contributed by atoms with Crippen molar-refractivity contribution >= 4 is 83.0 Å². The first-order valence-electron chi connectivity index (χ1n) is 23.5. The standard InChI is InChI=1S/C43H33N2O.C18H24GeN.Ir/c1-25(2)30-15-9-16-31(26(3)4)40(30)45-41-33-14-8-6-12-28(33)21-22-38(41)44-43(45)35-18-10-17-34-37-23-29-20-19-27-11-5-7-13-32(27)36(29)24-39(37)46-42(34)35;1-14(2)11-16-12-18(15-9-7-6-8-10-15)20-13-17(16)19(3,4)5;/h5-17,19-26H,1-4H3;6-9,12-14H,11H2,1-5H3;/q2*-1;. The van der Waals surface area contributed by atoms with Crippen molar-refractivity contribution in [2.75, 3.05) is 0 Å². The van der Waals surface area contributed by atoms with E-state index in [-0.39, 0.29) is 20.1 Å². The number of para-hydroxylation sites is 1. The molecule has 3 aromatic heterocycles. The summed E-state index contributed by atoms with van der Waals surface area (Å²) in [5.41, 5.74) is 12.1. The van der Waals surface area contributed by atoms with Crippen molar-refractivity contribution in [1.29, 1.82) is 0 Å². The van der Waals surface area contributed by atoms with E-state index in [1.54, 1.807) is 4.40 Å². The summed E-state index contributed by atoms with van der Waals surface area (Å²) in [5, 5.41) is 9.41. The molecule has 11 rings (SSSR count). The van der Waals surface area contributed by atoms with Gasteiger partial charge in [0.1, 0.15) is 5.58 Å². The maximum Gasteiger partial charge on any atom is 0.121 e. The largest absolute Gasteiger partial charge is 0.501 e. The summed E-state index contributed by atoms with van der Waals surface area (Å²) in [5.74, 6) is 9.48. The molecule has 0 fully saturated rings. The predicted octanol–water partition coefficient (Wildman–Crippen LogP) is 16.4. The number of benzene rings is 8. The van der Waals surface area contributed by atoms with Gasteiger partial charge in [-0.1, -0.05) is 124 Å². The monoisotopic (exact) mass is 1110 g/mol. The fourth-order valence-corrected chi connectivity index (χ4v) is 13.2. The molecule has 8 aromatic carbocycles. The Bertz CT molecular complexity index is 3570. The molecular weight excluding hydrogens is 1060 g/mol. The molecule has 0 spiro atoms. The van der Waals surface area contributed by atoms with Crippen molar-refractivity contribution in [2.45, 2.75) is 77.1 Å². The summed E-state index contributed by atoms with van der Waals surface area (Å²) in [6.07, 6.45) is 3.27. The molecular formula is C61H57GeIrN3O-2. The molecule has 0 amide bonds. The molecule has 67 heavy (non-hydrogen) atoms. The second-order valence-electron chi connectivity index (χ2n) is 19.9. The first-order chi connectivity index (χ1) is 31.9. The van der Waals surface area contributed by atoms with Crippen LogP contribution in [0.25, 0.3) is 93.6 Å². The van der Waals surface area contributed by atoms with E-state index in [4.69, 9.17) is 14.4 Å². The Kier molecular flexibility index (Phi) is 12.9. The number of pyridine rings is 1. The van der Waals surface area contributed by atoms with E-state index in [9.17, 15) is 0 Å². The molecule has 0 aliphatic rings. The SMILES string of the molecule is CC(C)Cc1cc(-c2[c-]cccc2)nc[c]1[Ge]([CH3])([CH3])[CH3].CC(C)c1cccc(C(C)C)c1-n1c(-c2[c-]ccc3c2oc2cc4c(ccc5ccccc54)cc23)nc2ccc3ccccc3c21.[Ir]. The third-order valence-electron chi connectivity index (χ3n) is 13.0. The van der Waals surface area contributed by atoms with Crippen LogP contribution in [0.3, 0.4) is 0 Å². The normalized spacial score (nSPS) is 12.0. The van der Waals surface area contributed by atoms with Gasteiger partial charge in [-0.3, -0.25) is 4.98 Å². The Hall–Kier alpha value is -5.85. The zero-order valence-corrected chi connectivity index (χ0v) is 44.4. The van der Waals surface area contributed by atoms with E-state index in [1.165, 1.54) is 54.7 Å². The zero-order chi connectivity index (χ0) is 45.9. The second-order valence-corrected chi connectivity index (χ2v) is 30.5. The molecule has 0 saturated carbocycles. The van der Waals surface area contributed by atoms with Crippen molar-refractivity contribution in [3.63, 3.8) is 0 Å². The first kappa shape index (κ1) is 46.3.